The molecular formula is C36H35Cl2F3N6O3. The quantitative estimate of drug-likeness (QED) is 0.165. The molecule has 0 saturated heterocycles. The highest BCUT2D eigenvalue weighted by Gasteiger charge is 2.41. The summed E-state index contributed by atoms with van der Waals surface area (Å²) in [7, 11) is 0. The maximum absolute atomic E-state index is 12.2. The molecule has 0 spiro atoms. The van der Waals surface area contributed by atoms with Crippen molar-refractivity contribution in [3.8, 4) is 0 Å². The first-order chi connectivity index (χ1) is 23.8. The van der Waals surface area contributed by atoms with Gasteiger partial charge in [-0.15, -0.1) is 0 Å². The van der Waals surface area contributed by atoms with Gasteiger partial charge in [-0.05, 0) is 61.1 Å². The zero-order valence-corrected chi connectivity index (χ0v) is 28.5. The average Bonchev–Trinajstić information content (AvgIpc) is 3.08. The third-order valence-electron chi connectivity index (χ3n) is 9.43. The number of Topliss-reactive ketones (excluding diaryl/α,β-unsaturated/α-hetero) is 2. The molecule has 1 amide bonds. The molecule has 0 atom stereocenters. The summed E-state index contributed by atoms with van der Waals surface area (Å²) < 4.78 is 36.5. The molecule has 0 unspecified atom stereocenters. The molecule has 2 saturated carbocycles. The van der Waals surface area contributed by atoms with Gasteiger partial charge in [-0.3, -0.25) is 14.4 Å². The molecule has 2 aliphatic carbocycles. The fraction of sp³-hybridized carbons (Fsp3) is 0.361. The SMILES string of the molecule is NCC(=O)c1cnc(CC2(c3ccc(Cl)cc3)CCC2)nc1.O=C(CNC(=O)C(F)(F)F)c1cnc(CC2(c3ccc(Cl)cc3)CCC2)nc1. The lowest BCUT2D eigenvalue weighted by atomic mass is 9.62. The predicted molar refractivity (Wildman–Crippen MR) is 182 cm³/mol. The molecule has 0 radical (unpaired) electrons. The van der Waals surface area contributed by atoms with E-state index >= 15 is 0 Å². The number of nitrogens with zero attached hydrogens (tertiary/aromatic N) is 4. The first-order valence-corrected chi connectivity index (χ1v) is 16.8. The summed E-state index contributed by atoms with van der Waals surface area (Å²) in [5, 5.41) is 2.95. The van der Waals surface area contributed by atoms with Gasteiger partial charge in [-0.1, -0.05) is 60.3 Å². The van der Waals surface area contributed by atoms with Crippen molar-refractivity contribution in [1.29, 1.82) is 0 Å². The fourth-order valence-electron chi connectivity index (χ4n) is 6.22. The third kappa shape index (κ3) is 8.90. The Balaban J connectivity index is 0.000000200. The lowest BCUT2D eigenvalue weighted by Gasteiger charge is -2.42. The molecule has 0 aliphatic heterocycles. The number of halogens is 5. The van der Waals surface area contributed by atoms with E-state index in [9.17, 15) is 27.6 Å². The second-order valence-corrected chi connectivity index (χ2v) is 13.5. The normalized spacial score (nSPS) is 15.8. The Morgan fingerprint density at radius 1 is 0.680 bits per heavy atom. The van der Waals surface area contributed by atoms with Crippen LogP contribution in [0.1, 0.15) is 82.0 Å². The number of alkyl halides is 3. The third-order valence-corrected chi connectivity index (χ3v) is 9.94. The van der Waals surface area contributed by atoms with Gasteiger partial charge in [-0.25, -0.2) is 19.9 Å². The van der Waals surface area contributed by atoms with E-state index in [-0.39, 0.29) is 28.7 Å². The molecule has 262 valence electrons. The maximum atomic E-state index is 12.2. The van der Waals surface area contributed by atoms with Crippen molar-refractivity contribution in [1.82, 2.24) is 25.3 Å². The number of nitrogens with two attached hydrogens (primary N) is 1. The Hall–Kier alpha value is -4.26. The molecule has 14 heteroatoms. The van der Waals surface area contributed by atoms with Gasteiger partial charge in [0.25, 0.3) is 0 Å². The lowest BCUT2D eigenvalue weighted by molar-refractivity contribution is -0.173. The van der Waals surface area contributed by atoms with Crippen LogP contribution in [0.3, 0.4) is 0 Å². The Morgan fingerprint density at radius 2 is 1.06 bits per heavy atom. The van der Waals surface area contributed by atoms with Crippen molar-refractivity contribution in [3.63, 3.8) is 0 Å². The number of nitrogens with one attached hydrogen (secondary N) is 1. The van der Waals surface area contributed by atoms with E-state index in [4.69, 9.17) is 28.9 Å². The van der Waals surface area contributed by atoms with Gasteiger partial charge >= 0.3 is 12.1 Å². The zero-order chi connectivity index (χ0) is 35.9. The highest BCUT2D eigenvalue weighted by atomic mass is 35.5. The molecule has 2 fully saturated rings. The molecule has 9 nitrogen and oxygen atoms in total. The summed E-state index contributed by atoms with van der Waals surface area (Å²) in [6, 6.07) is 15.7. The summed E-state index contributed by atoms with van der Waals surface area (Å²) in [4.78, 5) is 51.3. The van der Waals surface area contributed by atoms with Gasteiger partial charge in [-0.2, -0.15) is 13.2 Å². The number of hydrogen-bond donors (Lipinski definition) is 2. The van der Waals surface area contributed by atoms with Gasteiger partial charge < -0.3 is 11.1 Å². The van der Waals surface area contributed by atoms with E-state index in [2.05, 4.69) is 32.1 Å². The number of hydrogen-bond acceptors (Lipinski definition) is 8. The van der Waals surface area contributed by atoms with Crippen molar-refractivity contribution in [2.24, 2.45) is 5.73 Å². The number of carbonyl (C=O) groups is 3. The molecule has 4 aromatic rings. The van der Waals surface area contributed by atoms with Crippen LogP contribution < -0.4 is 11.1 Å². The van der Waals surface area contributed by atoms with Crippen molar-refractivity contribution >= 4 is 40.7 Å². The summed E-state index contributed by atoms with van der Waals surface area (Å²) in [5.74, 6) is -1.68. The van der Waals surface area contributed by atoms with Crippen molar-refractivity contribution < 1.29 is 27.6 Å². The van der Waals surface area contributed by atoms with Gasteiger partial charge in [0.05, 0.1) is 24.2 Å². The minimum atomic E-state index is -5.03. The molecular weight excluding hydrogens is 692 g/mol. The minimum Gasteiger partial charge on any atom is -0.341 e. The van der Waals surface area contributed by atoms with Crippen LogP contribution in [0.2, 0.25) is 10.0 Å². The smallest absolute Gasteiger partial charge is 0.341 e. The fourth-order valence-corrected chi connectivity index (χ4v) is 6.47. The van der Waals surface area contributed by atoms with Crippen molar-refractivity contribution in [2.45, 2.75) is 68.4 Å². The topological polar surface area (TPSA) is 141 Å². The van der Waals surface area contributed by atoms with Crippen LogP contribution in [0.15, 0.2) is 73.3 Å². The average molecular weight is 728 g/mol. The van der Waals surface area contributed by atoms with Crippen LogP contribution in [0.4, 0.5) is 13.2 Å². The van der Waals surface area contributed by atoms with Crippen LogP contribution in [0, 0.1) is 0 Å². The zero-order valence-electron chi connectivity index (χ0n) is 27.0. The largest absolute Gasteiger partial charge is 0.471 e. The van der Waals surface area contributed by atoms with Crippen LogP contribution in [-0.2, 0) is 28.5 Å². The number of rotatable bonds is 11. The van der Waals surface area contributed by atoms with Gasteiger partial charge in [0.1, 0.15) is 11.6 Å². The number of carbonyl (C=O) groups excluding carboxylic acids is 3. The van der Waals surface area contributed by atoms with E-state index in [0.717, 1.165) is 54.9 Å². The molecule has 6 rings (SSSR count). The highest BCUT2D eigenvalue weighted by molar-refractivity contribution is 6.30. The molecule has 2 aliphatic rings. The van der Waals surface area contributed by atoms with Crippen molar-refractivity contribution in [2.75, 3.05) is 13.1 Å². The van der Waals surface area contributed by atoms with Crippen molar-refractivity contribution in [3.05, 3.63) is 117 Å². The Bertz CT molecular complexity index is 1800. The maximum Gasteiger partial charge on any atom is 0.471 e. The van der Waals surface area contributed by atoms with Gasteiger partial charge in [0, 0.05) is 58.5 Å². The van der Waals surface area contributed by atoms with Gasteiger partial charge in [0.15, 0.2) is 11.6 Å². The Morgan fingerprint density at radius 3 is 1.38 bits per heavy atom. The number of benzene rings is 2. The van der Waals surface area contributed by atoms with E-state index in [0.29, 0.717) is 22.8 Å². The van der Waals surface area contributed by atoms with Crippen LogP contribution in [0.5, 0.6) is 0 Å². The first kappa shape index (κ1) is 37.0. The second kappa shape index (κ2) is 15.7. The molecule has 50 heavy (non-hydrogen) atoms. The van der Waals surface area contributed by atoms with E-state index in [1.165, 1.54) is 29.7 Å². The first-order valence-electron chi connectivity index (χ1n) is 16.1. The molecule has 3 N–H and O–H groups in total. The van der Waals surface area contributed by atoms with Crippen LogP contribution in [-0.4, -0.2) is 56.7 Å². The Kier molecular flexibility index (Phi) is 11.7. The molecule has 0 bridgehead atoms. The standard InChI is InChI=1S/C19H17ClF3N3O2.C17H18ClN3O/c20-14-4-2-13(3-5-14)18(6-1-7-18)8-16-24-9-12(10-25-16)15(27)11-26-17(28)19(21,22)23;18-14-4-2-13(3-5-14)17(6-1-7-17)8-16-20-10-12(11-21-16)15(22)9-19/h2-5,9-10H,1,6-8,11H2,(H,26,28);2-5,10-11H,1,6-9,19H2. The van der Waals surface area contributed by atoms with E-state index < -0.39 is 24.4 Å². The highest BCUT2D eigenvalue weighted by Crippen LogP contribution is 2.47. The summed E-state index contributed by atoms with van der Waals surface area (Å²) >= 11 is 11.9. The summed E-state index contributed by atoms with van der Waals surface area (Å²) in [5.41, 5.74) is 8.33. The number of ketones is 2. The molecule has 2 aromatic carbocycles. The molecule has 2 aromatic heterocycles. The van der Waals surface area contributed by atoms with Gasteiger partial charge in [0.2, 0.25) is 0 Å². The van der Waals surface area contributed by atoms with Crippen LogP contribution >= 0.6 is 23.2 Å². The van der Waals surface area contributed by atoms with Crippen LogP contribution in [0.25, 0.3) is 0 Å². The molecule has 2 heterocycles. The predicted octanol–water partition coefficient (Wildman–Crippen LogP) is 6.59. The number of aromatic nitrogens is 4. The minimum absolute atomic E-state index is 0.0164. The second-order valence-electron chi connectivity index (χ2n) is 12.6. The summed E-state index contributed by atoms with van der Waals surface area (Å²) in [6.07, 6.45) is 8.59. The lowest BCUT2D eigenvalue weighted by Crippen LogP contribution is -2.39. The van der Waals surface area contributed by atoms with E-state index in [1.54, 1.807) is 12.4 Å². The van der Waals surface area contributed by atoms with E-state index in [1.807, 2.05) is 36.4 Å². The summed E-state index contributed by atoms with van der Waals surface area (Å²) in [6.45, 7) is -0.785. The monoisotopic (exact) mass is 726 g/mol. The number of amides is 1. The Labute approximate surface area is 297 Å².